The van der Waals surface area contributed by atoms with Gasteiger partial charge in [0, 0.05) is 14.2 Å². The van der Waals surface area contributed by atoms with Crippen LogP contribution >= 0.6 is 18.2 Å². The maximum Gasteiger partial charge on any atom is 0.392 e. The molecule has 0 saturated heterocycles. The van der Waals surface area contributed by atoms with Crippen molar-refractivity contribution in [2.45, 2.75) is 0 Å². The highest BCUT2D eigenvalue weighted by Crippen LogP contribution is 2.59. The maximum absolute atomic E-state index is 11.0. The van der Waals surface area contributed by atoms with Crippen molar-refractivity contribution < 1.29 is 13.6 Å². The van der Waals surface area contributed by atoms with Gasteiger partial charge in [-0.25, -0.2) is 4.57 Å². The second-order valence-electron chi connectivity index (χ2n) is 1.08. The van der Waals surface area contributed by atoms with Gasteiger partial charge >= 0.3 is 6.80 Å². The van der Waals surface area contributed by atoms with Gasteiger partial charge in [-0.05, 0) is 16.8 Å². The van der Waals surface area contributed by atoms with Gasteiger partial charge in [0.15, 0.2) is 0 Å². The van der Waals surface area contributed by atoms with Crippen molar-refractivity contribution in [1.82, 2.24) is 0 Å². The van der Waals surface area contributed by atoms with E-state index in [1.807, 2.05) is 0 Å². The molecule has 0 radical (unpaired) electrons. The van der Waals surface area contributed by atoms with Crippen molar-refractivity contribution in [2.24, 2.45) is 0 Å². The molecule has 9 heavy (non-hydrogen) atoms. The highest BCUT2D eigenvalue weighted by Gasteiger charge is 2.18. The molecule has 0 N–H and O–H groups in total. The van der Waals surface area contributed by atoms with E-state index in [4.69, 9.17) is 0 Å². The zero-order valence-corrected chi connectivity index (χ0v) is 7.08. The Kier molecular flexibility index (Phi) is 4.23. The zero-order chi connectivity index (χ0) is 7.33. The lowest BCUT2D eigenvalue weighted by molar-refractivity contribution is 0.295. The second kappa shape index (κ2) is 4.12. The zero-order valence-electron chi connectivity index (χ0n) is 5.36. The monoisotopic (exact) mass is 168 g/mol. The third kappa shape index (κ3) is 3.06. The maximum atomic E-state index is 11.0. The quantitative estimate of drug-likeness (QED) is 0.603. The molecule has 0 aromatic heterocycles. The van der Waals surface area contributed by atoms with Gasteiger partial charge < -0.3 is 9.05 Å². The van der Waals surface area contributed by atoms with E-state index in [1.165, 1.54) is 19.6 Å². The summed E-state index contributed by atoms with van der Waals surface area (Å²) in [7, 11) is 2.67. The molecule has 0 rings (SSSR count). The molecule has 0 aliphatic rings. The van der Waals surface area contributed by atoms with Crippen LogP contribution in [-0.2, 0) is 13.6 Å². The third-order valence-corrected chi connectivity index (χ3v) is 4.07. The lowest BCUT2D eigenvalue weighted by atomic mass is 11.3. The summed E-state index contributed by atoms with van der Waals surface area (Å²) in [6.45, 7) is 0.490. The number of rotatable bonds is 4. The predicted molar refractivity (Wildman–Crippen MR) is 39.4 cm³/mol. The van der Waals surface area contributed by atoms with Crippen molar-refractivity contribution in [1.29, 1.82) is 0 Å². The SMILES string of the molecule is C=CSP(=O)(OC)OC. The van der Waals surface area contributed by atoms with Crippen LogP contribution in [0.3, 0.4) is 0 Å². The van der Waals surface area contributed by atoms with Crippen LogP contribution in [-0.4, -0.2) is 14.2 Å². The first-order valence-corrected chi connectivity index (χ1v) is 5.22. The van der Waals surface area contributed by atoms with Gasteiger partial charge in [-0.2, -0.15) is 0 Å². The average molecular weight is 168 g/mol. The molecule has 0 saturated carbocycles. The summed E-state index contributed by atoms with van der Waals surface area (Å²) in [6.07, 6.45) is 0. The van der Waals surface area contributed by atoms with Crippen molar-refractivity contribution in [3.8, 4) is 0 Å². The summed E-state index contributed by atoms with van der Waals surface area (Å²) in [5, 5.41) is 1.42. The Morgan fingerprint density at radius 3 is 2.11 bits per heavy atom. The molecule has 3 nitrogen and oxygen atoms in total. The smallest absolute Gasteiger partial charge is 0.304 e. The Labute approximate surface area is 58.7 Å². The molecule has 0 heterocycles. The van der Waals surface area contributed by atoms with Crippen LogP contribution in [0.25, 0.3) is 0 Å². The summed E-state index contributed by atoms with van der Waals surface area (Å²) in [4.78, 5) is 0. The average Bonchev–Trinajstić information content (AvgIpc) is 1.89. The molecular weight excluding hydrogens is 159 g/mol. The van der Waals surface area contributed by atoms with Crippen LogP contribution in [0.4, 0.5) is 0 Å². The fourth-order valence-electron chi connectivity index (χ4n) is 0.252. The van der Waals surface area contributed by atoms with Gasteiger partial charge in [-0.1, -0.05) is 6.58 Å². The Hall–Kier alpha value is 0.240. The molecule has 0 aromatic carbocycles. The van der Waals surface area contributed by atoms with Gasteiger partial charge in [0.1, 0.15) is 0 Å². The minimum atomic E-state index is -2.88. The first kappa shape index (κ1) is 9.24. The minimum absolute atomic E-state index is 0.954. The summed E-state index contributed by atoms with van der Waals surface area (Å²) in [6, 6.07) is 0. The molecule has 0 amide bonds. The van der Waals surface area contributed by atoms with E-state index in [9.17, 15) is 4.57 Å². The topological polar surface area (TPSA) is 35.5 Å². The van der Waals surface area contributed by atoms with Crippen LogP contribution in [0, 0.1) is 0 Å². The molecule has 0 fully saturated rings. The lowest BCUT2D eigenvalue weighted by Crippen LogP contribution is -1.79. The Morgan fingerprint density at radius 2 is 2.00 bits per heavy atom. The highest BCUT2D eigenvalue weighted by atomic mass is 32.7. The van der Waals surface area contributed by atoms with Crippen molar-refractivity contribution in [3.63, 3.8) is 0 Å². The summed E-state index contributed by atoms with van der Waals surface area (Å²) in [5.41, 5.74) is 0. The standard InChI is InChI=1S/C4H9O3PS/c1-4-9-8(5,6-2)7-3/h4H,1H2,2-3H3. The highest BCUT2D eigenvalue weighted by molar-refractivity contribution is 8.56. The van der Waals surface area contributed by atoms with E-state index >= 15 is 0 Å². The molecule has 0 spiro atoms. The first-order chi connectivity index (χ1) is 4.18. The third-order valence-electron chi connectivity index (χ3n) is 0.651. The Balaban J connectivity index is 3.93. The van der Waals surface area contributed by atoms with Gasteiger partial charge in [0.25, 0.3) is 0 Å². The molecule has 0 aliphatic carbocycles. The van der Waals surface area contributed by atoms with Crippen LogP contribution in [0.5, 0.6) is 0 Å². The van der Waals surface area contributed by atoms with Crippen LogP contribution < -0.4 is 0 Å². The molecule has 0 aromatic rings. The molecule has 0 bridgehead atoms. The normalized spacial score (nSPS) is 11.3. The predicted octanol–water partition coefficient (Wildman–Crippen LogP) is 2.26. The number of hydrogen-bond donors (Lipinski definition) is 0. The van der Waals surface area contributed by atoms with Crippen LogP contribution in [0.15, 0.2) is 12.0 Å². The van der Waals surface area contributed by atoms with Gasteiger partial charge in [-0.15, -0.1) is 0 Å². The molecule has 0 atom stereocenters. The molecular formula is C4H9O3PS. The van der Waals surface area contributed by atoms with Crippen LogP contribution in [0.2, 0.25) is 0 Å². The lowest BCUT2D eigenvalue weighted by Gasteiger charge is -2.08. The van der Waals surface area contributed by atoms with Gasteiger partial charge in [-0.3, -0.25) is 0 Å². The fourth-order valence-corrected chi connectivity index (χ4v) is 1.82. The van der Waals surface area contributed by atoms with Crippen molar-refractivity contribution in [2.75, 3.05) is 14.2 Å². The molecule has 0 aliphatic heterocycles. The summed E-state index contributed by atoms with van der Waals surface area (Å²) >= 11 is 0.954. The molecule has 0 unspecified atom stereocenters. The first-order valence-electron chi connectivity index (χ1n) is 2.19. The molecule has 5 heteroatoms. The van der Waals surface area contributed by atoms with Gasteiger partial charge in [0.05, 0.1) is 0 Å². The van der Waals surface area contributed by atoms with Gasteiger partial charge in [0.2, 0.25) is 0 Å². The summed E-state index contributed by atoms with van der Waals surface area (Å²) in [5.74, 6) is 0. The van der Waals surface area contributed by atoms with E-state index in [-0.39, 0.29) is 0 Å². The van der Waals surface area contributed by atoms with E-state index in [0.717, 1.165) is 11.4 Å². The van der Waals surface area contributed by atoms with E-state index in [2.05, 4.69) is 15.6 Å². The van der Waals surface area contributed by atoms with Crippen molar-refractivity contribution >= 4 is 18.2 Å². The van der Waals surface area contributed by atoms with E-state index in [1.54, 1.807) is 0 Å². The van der Waals surface area contributed by atoms with Crippen LogP contribution in [0.1, 0.15) is 0 Å². The fraction of sp³-hybridized carbons (Fsp3) is 0.500. The number of hydrogen-bond acceptors (Lipinski definition) is 4. The molecule has 54 valence electrons. The van der Waals surface area contributed by atoms with E-state index < -0.39 is 6.80 Å². The minimum Gasteiger partial charge on any atom is -0.304 e. The Morgan fingerprint density at radius 1 is 1.56 bits per heavy atom. The van der Waals surface area contributed by atoms with E-state index in [0.29, 0.717) is 0 Å². The largest absolute Gasteiger partial charge is 0.392 e. The Bertz CT molecular complexity index is 128. The second-order valence-corrected chi connectivity index (χ2v) is 5.23. The van der Waals surface area contributed by atoms with Crippen molar-refractivity contribution in [3.05, 3.63) is 12.0 Å². The summed E-state index contributed by atoms with van der Waals surface area (Å²) < 4.78 is 20.1.